The molecule has 1 N–H and O–H groups in total. The van der Waals surface area contributed by atoms with Gasteiger partial charge in [-0.3, -0.25) is 0 Å². The molecule has 92 valence electrons. The summed E-state index contributed by atoms with van der Waals surface area (Å²) >= 11 is 0. The van der Waals surface area contributed by atoms with E-state index < -0.39 is 0 Å². The van der Waals surface area contributed by atoms with Crippen LogP contribution in [0.4, 0.5) is 0 Å². The molecule has 0 aromatic carbocycles. The van der Waals surface area contributed by atoms with Gasteiger partial charge >= 0.3 is 0 Å². The van der Waals surface area contributed by atoms with Crippen molar-refractivity contribution in [3.63, 3.8) is 0 Å². The Morgan fingerprint density at radius 2 is 2.12 bits per heavy atom. The normalized spacial score (nSPS) is 44.7. The van der Waals surface area contributed by atoms with E-state index in [0.29, 0.717) is 12.0 Å². The topological polar surface area (TPSA) is 29.5 Å². The van der Waals surface area contributed by atoms with Gasteiger partial charge in [0, 0.05) is 12.0 Å². The van der Waals surface area contributed by atoms with Gasteiger partial charge in [-0.1, -0.05) is 26.8 Å². The third kappa shape index (κ3) is 1.46. The van der Waals surface area contributed by atoms with E-state index >= 15 is 0 Å². The largest absolute Gasteiger partial charge is 0.396 e. The number of aliphatic hydroxyl groups is 1. The SMILES string of the molecule is C/C=C1\CO[C@H]2CCC(C)(C)[C@@H](CO)[C@@]12C. The number of fused-ring (bicyclic) bond motifs is 1. The fourth-order valence-electron chi connectivity index (χ4n) is 3.88. The Kier molecular flexibility index (Phi) is 2.92. The molecule has 16 heavy (non-hydrogen) atoms. The van der Waals surface area contributed by atoms with Crippen LogP contribution in [-0.4, -0.2) is 24.4 Å². The van der Waals surface area contributed by atoms with Crippen LogP contribution in [0.5, 0.6) is 0 Å². The maximum absolute atomic E-state index is 9.77. The lowest BCUT2D eigenvalue weighted by Crippen LogP contribution is -2.50. The van der Waals surface area contributed by atoms with Gasteiger partial charge in [0.1, 0.15) is 0 Å². The summed E-state index contributed by atoms with van der Waals surface area (Å²) in [6.45, 7) is 9.94. The quantitative estimate of drug-likeness (QED) is 0.694. The summed E-state index contributed by atoms with van der Waals surface area (Å²) in [6.07, 6.45) is 4.76. The highest BCUT2D eigenvalue weighted by Crippen LogP contribution is 2.57. The maximum Gasteiger partial charge on any atom is 0.0687 e. The molecular formula is C14H24O2. The number of hydrogen-bond donors (Lipinski definition) is 1. The van der Waals surface area contributed by atoms with Crippen LogP contribution in [0.15, 0.2) is 11.6 Å². The fourth-order valence-corrected chi connectivity index (χ4v) is 3.88. The van der Waals surface area contributed by atoms with Crippen LogP contribution in [0.3, 0.4) is 0 Å². The molecule has 0 amide bonds. The van der Waals surface area contributed by atoms with E-state index in [1.165, 1.54) is 5.57 Å². The summed E-state index contributed by atoms with van der Waals surface area (Å²) < 4.78 is 5.91. The van der Waals surface area contributed by atoms with Crippen LogP contribution >= 0.6 is 0 Å². The van der Waals surface area contributed by atoms with E-state index in [0.717, 1.165) is 19.4 Å². The molecule has 0 spiro atoms. The van der Waals surface area contributed by atoms with Gasteiger partial charge in [0.2, 0.25) is 0 Å². The lowest BCUT2D eigenvalue weighted by Gasteiger charge is -2.51. The minimum Gasteiger partial charge on any atom is -0.396 e. The minimum atomic E-state index is 0.0469. The zero-order valence-electron chi connectivity index (χ0n) is 10.9. The highest BCUT2D eigenvalue weighted by molar-refractivity contribution is 5.24. The van der Waals surface area contributed by atoms with Gasteiger partial charge in [0.15, 0.2) is 0 Å². The van der Waals surface area contributed by atoms with Gasteiger partial charge in [0.05, 0.1) is 12.7 Å². The van der Waals surface area contributed by atoms with Gasteiger partial charge in [0.25, 0.3) is 0 Å². The maximum atomic E-state index is 9.77. The van der Waals surface area contributed by atoms with Gasteiger partial charge in [-0.25, -0.2) is 0 Å². The second-order valence-electron chi connectivity index (χ2n) is 6.16. The first-order valence-electron chi connectivity index (χ1n) is 6.35. The lowest BCUT2D eigenvalue weighted by molar-refractivity contribution is -0.0796. The van der Waals surface area contributed by atoms with E-state index in [2.05, 4.69) is 33.8 Å². The monoisotopic (exact) mass is 224 g/mol. The third-order valence-corrected chi connectivity index (χ3v) is 5.05. The number of ether oxygens (including phenoxy) is 1. The first-order valence-corrected chi connectivity index (χ1v) is 6.35. The van der Waals surface area contributed by atoms with Crippen molar-refractivity contribution in [2.24, 2.45) is 16.7 Å². The van der Waals surface area contributed by atoms with Gasteiger partial charge in [-0.05, 0) is 36.7 Å². The second-order valence-corrected chi connectivity index (χ2v) is 6.16. The van der Waals surface area contributed by atoms with Crippen LogP contribution < -0.4 is 0 Å². The molecular weight excluding hydrogens is 200 g/mol. The van der Waals surface area contributed by atoms with Crippen molar-refractivity contribution in [1.82, 2.24) is 0 Å². The molecule has 0 radical (unpaired) electrons. The van der Waals surface area contributed by atoms with E-state index in [1.54, 1.807) is 0 Å². The molecule has 2 rings (SSSR count). The number of rotatable bonds is 1. The molecule has 2 heteroatoms. The lowest BCUT2D eigenvalue weighted by atomic mass is 9.54. The van der Waals surface area contributed by atoms with Crippen molar-refractivity contribution in [3.8, 4) is 0 Å². The Morgan fingerprint density at radius 3 is 2.69 bits per heavy atom. The summed E-state index contributed by atoms with van der Waals surface area (Å²) in [5.74, 6) is 0.312. The van der Waals surface area contributed by atoms with Crippen molar-refractivity contribution in [2.75, 3.05) is 13.2 Å². The molecule has 2 nitrogen and oxygen atoms in total. The van der Waals surface area contributed by atoms with Crippen molar-refractivity contribution < 1.29 is 9.84 Å². The van der Waals surface area contributed by atoms with Crippen molar-refractivity contribution >= 4 is 0 Å². The van der Waals surface area contributed by atoms with Gasteiger partial charge in [-0.15, -0.1) is 0 Å². The summed E-state index contributed by atoms with van der Waals surface area (Å²) in [4.78, 5) is 0. The summed E-state index contributed by atoms with van der Waals surface area (Å²) in [6, 6.07) is 0. The Bertz CT molecular complexity index is 306. The minimum absolute atomic E-state index is 0.0469. The second kappa shape index (κ2) is 3.85. The molecule has 1 saturated carbocycles. The van der Waals surface area contributed by atoms with Crippen LogP contribution in [0.1, 0.15) is 40.5 Å². The fraction of sp³-hybridized carbons (Fsp3) is 0.857. The van der Waals surface area contributed by atoms with E-state index in [1.807, 2.05) is 0 Å². The Morgan fingerprint density at radius 1 is 1.44 bits per heavy atom. The first kappa shape index (κ1) is 12.1. The molecule has 1 aliphatic carbocycles. The molecule has 2 fully saturated rings. The highest BCUT2D eigenvalue weighted by atomic mass is 16.5. The molecule has 1 heterocycles. The molecule has 2 aliphatic rings. The third-order valence-electron chi connectivity index (χ3n) is 5.05. The average Bonchev–Trinajstić information content (AvgIpc) is 2.53. The van der Waals surface area contributed by atoms with Crippen LogP contribution in [0.2, 0.25) is 0 Å². The summed E-state index contributed by atoms with van der Waals surface area (Å²) in [5.41, 5.74) is 1.64. The Hall–Kier alpha value is -0.340. The van der Waals surface area contributed by atoms with Crippen LogP contribution in [0, 0.1) is 16.7 Å². The van der Waals surface area contributed by atoms with Crippen LogP contribution in [0.25, 0.3) is 0 Å². The molecule has 0 aromatic heterocycles. The smallest absolute Gasteiger partial charge is 0.0687 e. The Labute approximate surface area is 98.7 Å². The zero-order valence-corrected chi connectivity index (χ0v) is 10.9. The number of aliphatic hydroxyl groups excluding tert-OH is 1. The molecule has 0 bridgehead atoms. The number of allylic oxidation sites excluding steroid dienone is 1. The highest BCUT2D eigenvalue weighted by Gasteiger charge is 2.56. The van der Waals surface area contributed by atoms with Gasteiger partial charge in [-0.2, -0.15) is 0 Å². The van der Waals surface area contributed by atoms with Crippen molar-refractivity contribution in [3.05, 3.63) is 11.6 Å². The predicted octanol–water partition coefficient (Wildman–Crippen LogP) is 2.77. The van der Waals surface area contributed by atoms with E-state index in [-0.39, 0.29) is 17.4 Å². The molecule has 3 atom stereocenters. The van der Waals surface area contributed by atoms with Gasteiger partial charge < -0.3 is 9.84 Å². The average molecular weight is 224 g/mol. The van der Waals surface area contributed by atoms with Crippen molar-refractivity contribution in [2.45, 2.75) is 46.6 Å². The molecule has 1 saturated heterocycles. The standard InChI is InChI=1S/C14H24O2/c1-5-10-9-16-12-6-7-13(2,3)11(8-15)14(10,12)4/h5,11-12,15H,6-9H2,1-4H3/b10-5+/t11-,12+,14-/m1/s1. The van der Waals surface area contributed by atoms with E-state index in [9.17, 15) is 5.11 Å². The summed E-state index contributed by atoms with van der Waals surface area (Å²) in [7, 11) is 0. The number of hydrogen-bond acceptors (Lipinski definition) is 2. The molecule has 1 aliphatic heterocycles. The summed E-state index contributed by atoms with van der Waals surface area (Å²) in [5, 5.41) is 9.77. The first-order chi connectivity index (χ1) is 7.46. The van der Waals surface area contributed by atoms with Crippen LogP contribution in [-0.2, 0) is 4.74 Å². The predicted molar refractivity (Wildman–Crippen MR) is 65.2 cm³/mol. The molecule has 0 aromatic rings. The Balaban J connectivity index is 2.42. The zero-order chi connectivity index (χ0) is 12.0. The van der Waals surface area contributed by atoms with E-state index in [4.69, 9.17) is 4.74 Å². The van der Waals surface area contributed by atoms with Crippen molar-refractivity contribution in [1.29, 1.82) is 0 Å². The molecule has 0 unspecified atom stereocenters.